The molecule has 0 radical (unpaired) electrons. The van der Waals surface area contributed by atoms with Crippen molar-refractivity contribution in [1.29, 1.82) is 0 Å². The summed E-state index contributed by atoms with van der Waals surface area (Å²) in [4.78, 5) is 13.4. The maximum atomic E-state index is 13.4. The number of halogens is 2. The fourth-order valence-corrected chi connectivity index (χ4v) is 3.88. The van der Waals surface area contributed by atoms with Crippen molar-refractivity contribution >= 4 is 34.8 Å². The van der Waals surface area contributed by atoms with Gasteiger partial charge in [0.25, 0.3) is 0 Å². The highest BCUT2D eigenvalue weighted by atomic mass is 35.5. The summed E-state index contributed by atoms with van der Waals surface area (Å²) in [5.74, 6) is -0.0112. The molecule has 1 N–H and O–H groups in total. The molecule has 3 aromatic carbocycles. The topological polar surface area (TPSA) is 38.3 Å². The summed E-state index contributed by atoms with van der Waals surface area (Å²) < 4.78 is 5.98. The molecule has 1 atom stereocenters. The van der Waals surface area contributed by atoms with E-state index in [0.29, 0.717) is 28.1 Å². The molecule has 27 heavy (non-hydrogen) atoms. The number of ether oxygens (including phenoxy) is 1. The molecule has 0 saturated carbocycles. The van der Waals surface area contributed by atoms with Crippen LogP contribution in [0.4, 0.5) is 5.69 Å². The van der Waals surface area contributed by atoms with Crippen LogP contribution in [0.1, 0.15) is 28.2 Å². The number of para-hydroxylation sites is 1. The first kappa shape index (κ1) is 17.9. The average Bonchev–Trinajstić information content (AvgIpc) is 2.81. The van der Waals surface area contributed by atoms with E-state index in [0.717, 1.165) is 22.3 Å². The summed E-state index contributed by atoms with van der Waals surface area (Å²) in [5, 5.41) is 3.72. The van der Waals surface area contributed by atoms with Crippen LogP contribution in [0.3, 0.4) is 0 Å². The standard InChI is InChI=1S/C22H17Cl2NO2/c1-13-9-10-19-16(11-13)20(15-6-3-2-5-14(15)12-27-19)22(26)25-21-17(23)7-4-8-18(21)24/h2-11,20H,12H2,1H3,(H,25,26). The van der Waals surface area contributed by atoms with Gasteiger partial charge in [0.2, 0.25) is 5.91 Å². The summed E-state index contributed by atoms with van der Waals surface area (Å²) in [6.45, 7) is 2.42. The number of amides is 1. The maximum absolute atomic E-state index is 13.4. The number of carbonyl (C=O) groups excluding carboxylic acids is 1. The quantitative estimate of drug-likeness (QED) is 0.578. The van der Waals surface area contributed by atoms with Crippen molar-refractivity contribution in [2.75, 3.05) is 5.32 Å². The zero-order chi connectivity index (χ0) is 19.0. The molecular weight excluding hydrogens is 381 g/mol. The molecule has 1 heterocycles. The Morgan fingerprint density at radius 3 is 2.52 bits per heavy atom. The highest BCUT2D eigenvalue weighted by molar-refractivity contribution is 6.39. The first-order chi connectivity index (χ1) is 13.0. The largest absolute Gasteiger partial charge is 0.489 e. The van der Waals surface area contributed by atoms with Gasteiger partial charge in [-0.1, -0.05) is 71.2 Å². The number of rotatable bonds is 2. The summed E-state index contributed by atoms with van der Waals surface area (Å²) >= 11 is 12.5. The third-order valence-corrected chi connectivity index (χ3v) is 5.33. The molecule has 5 heteroatoms. The Hall–Kier alpha value is -2.49. The van der Waals surface area contributed by atoms with E-state index in [4.69, 9.17) is 27.9 Å². The summed E-state index contributed by atoms with van der Waals surface area (Å²) in [6.07, 6.45) is 0. The van der Waals surface area contributed by atoms with Gasteiger partial charge in [-0.3, -0.25) is 4.79 Å². The second-order valence-electron chi connectivity index (χ2n) is 6.55. The number of aryl methyl sites for hydroxylation is 1. The Bertz CT molecular complexity index is 1010. The molecule has 3 nitrogen and oxygen atoms in total. The molecule has 0 aliphatic carbocycles. The zero-order valence-corrected chi connectivity index (χ0v) is 16.1. The van der Waals surface area contributed by atoms with Crippen LogP contribution in [0, 0.1) is 6.92 Å². The molecule has 1 aliphatic heterocycles. The van der Waals surface area contributed by atoms with E-state index >= 15 is 0 Å². The van der Waals surface area contributed by atoms with Crippen molar-refractivity contribution in [1.82, 2.24) is 0 Å². The lowest BCUT2D eigenvalue weighted by Gasteiger charge is -2.20. The summed E-state index contributed by atoms with van der Waals surface area (Å²) in [7, 11) is 0. The molecule has 136 valence electrons. The van der Waals surface area contributed by atoms with Crippen LogP contribution in [0.2, 0.25) is 10.0 Å². The predicted molar refractivity (Wildman–Crippen MR) is 109 cm³/mol. The summed E-state index contributed by atoms with van der Waals surface area (Å²) in [5.41, 5.74) is 4.22. The zero-order valence-electron chi connectivity index (χ0n) is 14.6. The van der Waals surface area contributed by atoms with E-state index in [2.05, 4.69) is 5.32 Å². The van der Waals surface area contributed by atoms with Gasteiger partial charge in [-0.15, -0.1) is 0 Å². The van der Waals surface area contributed by atoms with Crippen LogP contribution >= 0.6 is 23.2 Å². The molecule has 0 saturated heterocycles. The van der Waals surface area contributed by atoms with Crippen molar-refractivity contribution < 1.29 is 9.53 Å². The Labute approximate surface area is 167 Å². The monoisotopic (exact) mass is 397 g/mol. The second-order valence-corrected chi connectivity index (χ2v) is 7.36. The van der Waals surface area contributed by atoms with Gasteiger partial charge in [0.1, 0.15) is 12.4 Å². The first-order valence-corrected chi connectivity index (χ1v) is 9.36. The highest BCUT2D eigenvalue weighted by Crippen LogP contribution is 2.39. The molecule has 0 aromatic heterocycles. The minimum Gasteiger partial charge on any atom is -0.489 e. The molecule has 0 spiro atoms. The van der Waals surface area contributed by atoms with E-state index in [1.165, 1.54) is 0 Å². The van der Waals surface area contributed by atoms with Gasteiger partial charge in [-0.05, 0) is 36.2 Å². The number of hydrogen-bond donors (Lipinski definition) is 1. The average molecular weight is 398 g/mol. The molecule has 1 aliphatic rings. The lowest BCUT2D eigenvalue weighted by Crippen LogP contribution is -2.23. The molecule has 0 fully saturated rings. The first-order valence-electron chi connectivity index (χ1n) is 8.60. The van der Waals surface area contributed by atoms with E-state index in [1.54, 1.807) is 18.2 Å². The molecular formula is C22H17Cl2NO2. The van der Waals surface area contributed by atoms with Crippen molar-refractivity contribution in [3.63, 3.8) is 0 Å². The van der Waals surface area contributed by atoms with Gasteiger partial charge >= 0.3 is 0 Å². The van der Waals surface area contributed by atoms with Gasteiger partial charge in [0.05, 0.1) is 21.7 Å². The highest BCUT2D eigenvalue weighted by Gasteiger charge is 2.31. The van der Waals surface area contributed by atoms with Gasteiger partial charge in [-0.2, -0.15) is 0 Å². The minimum absolute atomic E-state index is 0.199. The number of nitrogens with one attached hydrogen (secondary N) is 1. The van der Waals surface area contributed by atoms with Gasteiger partial charge in [0, 0.05) is 5.56 Å². The number of benzene rings is 3. The van der Waals surface area contributed by atoms with Gasteiger partial charge in [0.15, 0.2) is 0 Å². The molecule has 0 bridgehead atoms. The van der Waals surface area contributed by atoms with Crippen LogP contribution in [0.5, 0.6) is 5.75 Å². The lowest BCUT2D eigenvalue weighted by atomic mass is 9.87. The minimum atomic E-state index is -0.522. The van der Waals surface area contributed by atoms with E-state index in [9.17, 15) is 4.79 Å². The van der Waals surface area contributed by atoms with Crippen LogP contribution < -0.4 is 10.1 Å². The molecule has 1 amide bonds. The normalized spacial score (nSPS) is 15.1. The lowest BCUT2D eigenvalue weighted by molar-refractivity contribution is -0.116. The number of fused-ring (bicyclic) bond motifs is 2. The van der Waals surface area contributed by atoms with Crippen LogP contribution in [-0.2, 0) is 11.4 Å². The Kier molecular flexibility index (Phi) is 4.81. The SMILES string of the molecule is Cc1ccc2c(c1)C(C(=O)Nc1c(Cl)cccc1Cl)c1ccccc1CO2. The van der Waals surface area contributed by atoms with Crippen LogP contribution in [-0.4, -0.2) is 5.91 Å². The molecule has 1 unspecified atom stereocenters. The third kappa shape index (κ3) is 3.41. The Balaban J connectivity index is 1.83. The van der Waals surface area contributed by atoms with Gasteiger partial charge in [-0.25, -0.2) is 0 Å². The van der Waals surface area contributed by atoms with E-state index < -0.39 is 5.92 Å². The smallest absolute Gasteiger partial charge is 0.236 e. The van der Waals surface area contributed by atoms with Crippen molar-refractivity contribution in [3.05, 3.63) is 93.0 Å². The van der Waals surface area contributed by atoms with E-state index in [-0.39, 0.29) is 5.91 Å². The predicted octanol–water partition coefficient (Wildman–Crippen LogP) is 5.96. The molecule has 4 rings (SSSR count). The van der Waals surface area contributed by atoms with E-state index in [1.807, 2.05) is 49.4 Å². The van der Waals surface area contributed by atoms with Crippen LogP contribution in [0.25, 0.3) is 0 Å². The fourth-order valence-electron chi connectivity index (χ4n) is 3.39. The van der Waals surface area contributed by atoms with Gasteiger partial charge < -0.3 is 10.1 Å². The van der Waals surface area contributed by atoms with Crippen LogP contribution in [0.15, 0.2) is 60.7 Å². The Morgan fingerprint density at radius 1 is 1.00 bits per heavy atom. The van der Waals surface area contributed by atoms with Crippen molar-refractivity contribution in [2.24, 2.45) is 0 Å². The number of carbonyl (C=O) groups is 1. The maximum Gasteiger partial charge on any atom is 0.236 e. The fraction of sp³-hybridized carbons (Fsp3) is 0.136. The number of anilines is 1. The van der Waals surface area contributed by atoms with Crippen molar-refractivity contribution in [2.45, 2.75) is 19.4 Å². The molecule has 3 aromatic rings. The second kappa shape index (κ2) is 7.26. The third-order valence-electron chi connectivity index (χ3n) is 4.70. The Morgan fingerprint density at radius 2 is 1.74 bits per heavy atom. The number of hydrogen-bond acceptors (Lipinski definition) is 2. The van der Waals surface area contributed by atoms with Crippen molar-refractivity contribution in [3.8, 4) is 5.75 Å². The summed E-state index contributed by atoms with van der Waals surface area (Å²) in [6, 6.07) is 18.9.